The van der Waals surface area contributed by atoms with Crippen LogP contribution in [0.4, 0.5) is 0 Å². The summed E-state index contributed by atoms with van der Waals surface area (Å²) in [5.41, 5.74) is 0. The molecule has 1 amide bonds. The van der Waals surface area contributed by atoms with Crippen molar-refractivity contribution in [1.82, 2.24) is 24.9 Å². The zero-order valence-corrected chi connectivity index (χ0v) is 13.0. The first-order chi connectivity index (χ1) is 10.7. The van der Waals surface area contributed by atoms with Crippen LogP contribution in [-0.2, 0) is 14.3 Å². The summed E-state index contributed by atoms with van der Waals surface area (Å²) in [6, 6.07) is 1.76. The van der Waals surface area contributed by atoms with Gasteiger partial charge in [0.05, 0.1) is 12.4 Å². The van der Waals surface area contributed by atoms with Crippen LogP contribution >= 0.6 is 11.8 Å². The van der Waals surface area contributed by atoms with E-state index in [0.29, 0.717) is 36.9 Å². The number of ether oxygens (including phenoxy) is 1. The van der Waals surface area contributed by atoms with Crippen LogP contribution in [0.1, 0.15) is 19.8 Å². The highest BCUT2D eigenvalue weighted by atomic mass is 32.2. The number of esters is 1. The second-order valence-electron chi connectivity index (χ2n) is 4.31. The van der Waals surface area contributed by atoms with Crippen LogP contribution in [-0.4, -0.2) is 50.4 Å². The van der Waals surface area contributed by atoms with Crippen molar-refractivity contribution in [2.45, 2.75) is 24.9 Å². The zero-order chi connectivity index (χ0) is 15.8. The molecule has 0 saturated heterocycles. The molecule has 0 aliphatic carbocycles. The van der Waals surface area contributed by atoms with Gasteiger partial charge < -0.3 is 10.1 Å². The van der Waals surface area contributed by atoms with E-state index in [1.54, 1.807) is 29.9 Å². The smallest absolute Gasteiger partial charge is 0.305 e. The van der Waals surface area contributed by atoms with Gasteiger partial charge >= 0.3 is 5.97 Å². The molecule has 0 aliphatic heterocycles. The Bertz CT molecular complexity index is 612. The number of thioether (sulfide) groups is 1. The minimum Gasteiger partial charge on any atom is -0.466 e. The lowest BCUT2D eigenvalue weighted by Crippen LogP contribution is -2.26. The average Bonchev–Trinajstić information content (AvgIpc) is 2.93. The number of fused-ring (bicyclic) bond motifs is 1. The quantitative estimate of drug-likeness (QED) is 0.433. The molecule has 22 heavy (non-hydrogen) atoms. The SMILES string of the molecule is CCOC(=O)CCCNC(=O)CSc1nc2ncccn2n1. The Balaban J connectivity index is 1.66. The van der Waals surface area contributed by atoms with Crippen molar-refractivity contribution in [3.8, 4) is 0 Å². The predicted molar refractivity (Wildman–Crippen MR) is 80.4 cm³/mol. The molecule has 0 fully saturated rings. The largest absolute Gasteiger partial charge is 0.466 e. The Morgan fingerprint density at radius 1 is 1.45 bits per heavy atom. The van der Waals surface area contributed by atoms with E-state index in [9.17, 15) is 9.59 Å². The number of carbonyl (C=O) groups is 2. The molecule has 0 unspecified atom stereocenters. The van der Waals surface area contributed by atoms with Gasteiger partial charge in [0.1, 0.15) is 0 Å². The molecule has 0 atom stereocenters. The van der Waals surface area contributed by atoms with Crippen LogP contribution < -0.4 is 5.32 Å². The molecule has 2 rings (SSSR count). The first-order valence-corrected chi connectivity index (χ1v) is 7.90. The minimum atomic E-state index is -0.243. The van der Waals surface area contributed by atoms with Crippen molar-refractivity contribution < 1.29 is 14.3 Å². The molecule has 9 heteroatoms. The van der Waals surface area contributed by atoms with Crippen LogP contribution in [0.25, 0.3) is 5.78 Å². The Morgan fingerprint density at radius 2 is 2.32 bits per heavy atom. The highest BCUT2D eigenvalue weighted by Gasteiger charge is 2.08. The monoisotopic (exact) mass is 323 g/mol. The van der Waals surface area contributed by atoms with E-state index < -0.39 is 0 Å². The molecule has 2 heterocycles. The molecule has 2 aromatic rings. The van der Waals surface area contributed by atoms with Gasteiger partial charge in [-0.1, -0.05) is 11.8 Å². The summed E-state index contributed by atoms with van der Waals surface area (Å²) in [4.78, 5) is 31.0. The first-order valence-electron chi connectivity index (χ1n) is 6.91. The van der Waals surface area contributed by atoms with Gasteiger partial charge in [-0.15, -0.1) is 5.10 Å². The maximum atomic E-state index is 11.7. The number of carbonyl (C=O) groups excluding carboxylic acids is 2. The first kappa shape index (κ1) is 16.2. The summed E-state index contributed by atoms with van der Waals surface area (Å²) in [5.74, 6) is 0.351. The highest BCUT2D eigenvalue weighted by Crippen LogP contribution is 2.12. The number of aromatic nitrogens is 4. The van der Waals surface area contributed by atoms with Crippen LogP contribution in [0.5, 0.6) is 0 Å². The second-order valence-corrected chi connectivity index (χ2v) is 5.25. The zero-order valence-electron chi connectivity index (χ0n) is 12.2. The molecule has 0 saturated carbocycles. The van der Waals surface area contributed by atoms with Gasteiger partial charge in [-0.05, 0) is 19.4 Å². The number of amides is 1. The molecule has 1 N–H and O–H groups in total. The highest BCUT2D eigenvalue weighted by molar-refractivity contribution is 7.99. The summed E-state index contributed by atoms with van der Waals surface area (Å²) in [5, 5.41) is 7.43. The van der Waals surface area contributed by atoms with Gasteiger partial charge in [-0.3, -0.25) is 9.59 Å². The van der Waals surface area contributed by atoms with Crippen LogP contribution in [0, 0.1) is 0 Å². The van der Waals surface area contributed by atoms with Crippen LogP contribution in [0.2, 0.25) is 0 Å². The standard InChI is InChI=1S/C13H17N5O3S/c1-2-21-11(20)5-3-6-14-10(19)9-22-13-16-12-15-7-4-8-18(12)17-13/h4,7-8H,2-3,5-6,9H2,1H3,(H,14,19). The average molecular weight is 323 g/mol. The number of hydrogen-bond donors (Lipinski definition) is 1. The van der Waals surface area contributed by atoms with Crippen molar-refractivity contribution in [3.63, 3.8) is 0 Å². The van der Waals surface area contributed by atoms with Gasteiger partial charge in [0.25, 0.3) is 5.78 Å². The Kier molecular flexibility index (Phi) is 6.13. The fourth-order valence-corrected chi connectivity index (χ4v) is 2.30. The predicted octanol–water partition coefficient (Wildman–Crippen LogP) is 0.676. The van der Waals surface area contributed by atoms with Gasteiger partial charge in [-0.25, -0.2) is 9.50 Å². The van der Waals surface area contributed by atoms with E-state index in [1.165, 1.54) is 11.8 Å². The number of nitrogens with zero attached hydrogens (tertiary/aromatic N) is 4. The fraction of sp³-hybridized carbons (Fsp3) is 0.462. The van der Waals surface area contributed by atoms with Crippen molar-refractivity contribution in [2.24, 2.45) is 0 Å². The fourth-order valence-electron chi connectivity index (χ4n) is 1.65. The summed E-state index contributed by atoms with van der Waals surface area (Å²) in [7, 11) is 0. The molecule has 0 aliphatic rings. The third-order valence-electron chi connectivity index (χ3n) is 2.61. The Hall–Kier alpha value is -2.16. The van der Waals surface area contributed by atoms with Crippen molar-refractivity contribution >= 4 is 29.4 Å². The summed E-state index contributed by atoms with van der Waals surface area (Å²) >= 11 is 1.24. The molecular weight excluding hydrogens is 306 g/mol. The molecule has 0 bridgehead atoms. The lowest BCUT2D eigenvalue weighted by atomic mass is 10.3. The maximum absolute atomic E-state index is 11.7. The van der Waals surface area contributed by atoms with Crippen molar-refractivity contribution in [2.75, 3.05) is 18.9 Å². The number of hydrogen-bond acceptors (Lipinski definition) is 7. The molecule has 0 spiro atoms. The van der Waals surface area contributed by atoms with Gasteiger partial charge in [-0.2, -0.15) is 4.98 Å². The lowest BCUT2D eigenvalue weighted by Gasteiger charge is -2.04. The van der Waals surface area contributed by atoms with Crippen molar-refractivity contribution in [3.05, 3.63) is 18.5 Å². The maximum Gasteiger partial charge on any atom is 0.305 e. The summed E-state index contributed by atoms with van der Waals surface area (Å²) < 4.78 is 6.36. The van der Waals surface area contributed by atoms with Gasteiger partial charge in [0.2, 0.25) is 11.1 Å². The van der Waals surface area contributed by atoms with Crippen molar-refractivity contribution in [1.29, 1.82) is 0 Å². The van der Waals surface area contributed by atoms with Crippen LogP contribution in [0.15, 0.2) is 23.6 Å². The lowest BCUT2D eigenvalue weighted by molar-refractivity contribution is -0.143. The molecule has 0 aromatic carbocycles. The van der Waals surface area contributed by atoms with Gasteiger partial charge in [0, 0.05) is 25.4 Å². The molecule has 0 radical (unpaired) electrons. The number of nitrogens with one attached hydrogen (secondary N) is 1. The third kappa shape index (κ3) is 4.99. The Labute approximate surface area is 131 Å². The summed E-state index contributed by atoms with van der Waals surface area (Å²) in [6.07, 6.45) is 4.25. The topological polar surface area (TPSA) is 98.5 Å². The Morgan fingerprint density at radius 3 is 3.09 bits per heavy atom. The molecule has 118 valence electrons. The van der Waals surface area contributed by atoms with E-state index in [2.05, 4.69) is 20.4 Å². The molecule has 8 nitrogen and oxygen atoms in total. The minimum absolute atomic E-state index is 0.124. The normalized spacial score (nSPS) is 10.6. The van der Waals surface area contributed by atoms with E-state index in [-0.39, 0.29) is 17.6 Å². The van der Waals surface area contributed by atoms with E-state index in [4.69, 9.17) is 4.74 Å². The molecule has 2 aromatic heterocycles. The summed E-state index contributed by atoms with van der Waals surface area (Å²) in [6.45, 7) is 2.58. The van der Waals surface area contributed by atoms with E-state index in [1.807, 2.05) is 0 Å². The van der Waals surface area contributed by atoms with E-state index >= 15 is 0 Å². The molecular formula is C13H17N5O3S. The van der Waals surface area contributed by atoms with Gasteiger partial charge in [0.15, 0.2) is 0 Å². The third-order valence-corrected chi connectivity index (χ3v) is 3.45. The second kappa shape index (κ2) is 8.32. The van der Waals surface area contributed by atoms with E-state index in [0.717, 1.165) is 0 Å². The van der Waals surface area contributed by atoms with Crippen LogP contribution in [0.3, 0.4) is 0 Å². The number of rotatable bonds is 8.